The van der Waals surface area contributed by atoms with Crippen molar-refractivity contribution in [2.24, 2.45) is 47.3 Å². The van der Waals surface area contributed by atoms with Gasteiger partial charge in [0.25, 0.3) is 0 Å². The summed E-state index contributed by atoms with van der Waals surface area (Å²) in [5.41, 5.74) is 0. The second-order valence-electron chi connectivity index (χ2n) is 14.2. The van der Waals surface area contributed by atoms with Gasteiger partial charge in [-0.3, -0.25) is 0 Å². The number of rotatable bonds is 11. The standard InChI is InChI=1S/C36H64N2/c1-6-10-28-13-17-30(18-14-28)33-21-20-32(37-23-7-2)26-34(33)35-25-31(19-22-36(35)38(5)24-8-3)29-15-11-27(9-4)12-16-29/h6,9-10,27-37H,4,7-8,11-26H2,1-3,5H3/b10-6+. The number of nitrogens with one attached hydrogen (secondary N) is 1. The molecule has 6 atom stereocenters. The summed E-state index contributed by atoms with van der Waals surface area (Å²) >= 11 is 0. The second-order valence-corrected chi connectivity index (χ2v) is 14.2. The fourth-order valence-electron chi connectivity index (χ4n) is 9.91. The Kier molecular flexibility index (Phi) is 12.3. The Morgan fingerprint density at radius 3 is 2.05 bits per heavy atom. The van der Waals surface area contributed by atoms with E-state index in [0.29, 0.717) is 0 Å². The highest BCUT2D eigenvalue weighted by Gasteiger charge is 2.46. The van der Waals surface area contributed by atoms with Gasteiger partial charge in [-0.05, 0) is 177 Å². The summed E-state index contributed by atoms with van der Waals surface area (Å²) in [5, 5.41) is 4.01. The Balaban J connectivity index is 1.53. The molecule has 0 spiro atoms. The minimum atomic E-state index is 0.760. The van der Waals surface area contributed by atoms with Gasteiger partial charge < -0.3 is 10.2 Å². The van der Waals surface area contributed by atoms with E-state index in [1.165, 1.54) is 116 Å². The number of hydrogen-bond acceptors (Lipinski definition) is 2. The summed E-state index contributed by atoms with van der Waals surface area (Å²) in [6.07, 6.45) is 30.0. The average molecular weight is 525 g/mol. The molecule has 2 heteroatoms. The van der Waals surface area contributed by atoms with Crippen LogP contribution in [-0.2, 0) is 0 Å². The summed E-state index contributed by atoms with van der Waals surface area (Å²) in [7, 11) is 2.48. The van der Waals surface area contributed by atoms with E-state index < -0.39 is 0 Å². The molecule has 0 heterocycles. The third-order valence-electron chi connectivity index (χ3n) is 11.9. The molecule has 2 nitrogen and oxygen atoms in total. The molecule has 0 bridgehead atoms. The quantitative estimate of drug-likeness (QED) is 0.271. The summed E-state index contributed by atoms with van der Waals surface area (Å²) in [4.78, 5) is 2.82. The maximum absolute atomic E-state index is 4.12. The van der Waals surface area contributed by atoms with Gasteiger partial charge in [0.05, 0.1) is 0 Å². The van der Waals surface area contributed by atoms with Crippen molar-refractivity contribution in [1.82, 2.24) is 10.2 Å². The lowest BCUT2D eigenvalue weighted by Gasteiger charge is -2.52. The summed E-state index contributed by atoms with van der Waals surface area (Å²) in [6, 6.07) is 1.57. The Labute approximate surface area is 237 Å². The molecular weight excluding hydrogens is 460 g/mol. The fourth-order valence-corrected chi connectivity index (χ4v) is 9.91. The van der Waals surface area contributed by atoms with Crippen molar-refractivity contribution < 1.29 is 0 Å². The average Bonchev–Trinajstić information content (AvgIpc) is 2.96. The lowest BCUT2D eigenvalue weighted by atomic mass is 9.57. The molecule has 0 aromatic carbocycles. The van der Waals surface area contributed by atoms with Crippen LogP contribution in [0.2, 0.25) is 0 Å². The Hall–Kier alpha value is -0.600. The van der Waals surface area contributed by atoms with Gasteiger partial charge in [0.15, 0.2) is 0 Å². The predicted molar refractivity (Wildman–Crippen MR) is 166 cm³/mol. The monoisotopic (exact) mass is 525 g/mol. The normalized spacial score (nSPS) is 41.0. The third-order valence-corrected chi connectivity index (χ3v) is 11.9. The van der Waals surface area contributed by atoms with Crippen LogP contribution in [0.15, 0.2) is 24.8 Å². The topological polar surface area (TPSA) is 15.3 Å². The molecule has 1 N–H and O–H groups in total. The SMILES string of the molecule is C=CC1CCC(C2CCC(N(C)CCC)C(C3CC(NCCC)CCC3C3CCC(/C=C/C)CC3)C2)CC1. The van der Waals surface area contributed by atoms with Gasteiger partial charge in [-0.2, -0.15) is 0 Å². The predicted octanol–water partition coefficient (Wildman–Crippen LogP) is 9.27. The summed E-state index contributed by atoms with van der Waals surface area (Å²) < 4.78 is 0. The molecule has 38 heavy (non-hydrogen) atoms. The summed E-state index contributed by atoms with van der Waals surface area (Å²) in [5.74, 6) is 7.40. The molecule has 4 aliphatic carbocycles. The van der Waals surface area contributed by atoms with Crippen LogP contribution in [0.3, 0.4) is 0 Å². The number of nitrogens with zero attached hydrogens (tertiary/aromatic N) is 1. The van der Waals surface area contributed by atoms with Crippen molar-refractivity contribution in [3.63, 3.8) is 0 Å². The molecule has 4 rings (SSSR count). The van der Waals surface area contributed by atoms with Gasteiger partial charge in [0, 0.05) is 12.1 Å². The van der Waals surface area contributed by atoms with E-state index in [2.05, 4.69) is 62.8 Å². The molecule has 0 aliphatic heterocycles. The first-order chi connectivity index (χ1) is 18.6. The van der Waals surface area contributed by atoms with Crippen molar-refractivity contribution in [3.8, 4) is 0 Å². The molecule has 4 fully saturated rings. The van der Waals surface area contributed by atoms with Gasteiger partial charge in [-0.15, -0.1) is 6.58 Å². The maximum atomic E-state index is 4.12. The van der Waals surface area contributed by atoms with Gasteiger partial charge in [0.2, 0.25) is 0 Å². The zero-order valence-corrected chi connectivity index (χ0v) is 25.9. The molecular formula is C36H64N2. The first kappa shape index (κ1) is 30.4. The van der Waals surface area contributed by atoms with E-state index in [4.69, 9.17) is 0 Å². The van der Waals surface area contributed by atoms with E-state index >= 15 is 0 Å². The second kappa shape index (κ2) is 15.4. The van der Waals surface area contributed by atoms with Crippen LogP contribution < -0.4 is 5.32 Å². The van der Waals surface area contributed by atoms with Crippen LogP contribution in [0.25, 0.3) is 0 Å². The van der Waals surface area contributed by atoms with E-state index in [-0.39, 0.29) is 0 Å². The van der Waals surface area contributed by atoms with Crippen molar-refractivity contribution in [3.05, 3.63) is 24.8 Å². The van der Waals surface area contributed by atoms with Gasteiger partial charge in [0.1, 0.15) is 0 Å². The van der Waals surface area contributed by atoms with Gasteiger partial charge in [-0.25, -0.2) is 0 Å². The van der Waals surface area contributed by atoms with Crippen molar-refractivity contribution in [2.75, 3.05) is 20.1 Å². The third kappa shape index (κ3) is 7.78. The number of allylic oxidation sites excluding steroid dienone is 3. The first-order valence-electron chi connectivity index (χ1n) is 17.3. The van der Waals surface area contributed by atoms with Crippen LogP contribution in [0.1, 0.15) is 124 Å². The molecule has 4 saturated carbocycles. The molecule has 4 aliphatic rings. The van der Waals surface area contributed by atoms with E-state index in [0.717, 1.165) is 59.4 Å². The van der Waals surface area contributed by atoms with Crippen molar-refractivity contribution in [2.45, 2.75) is 136 Å². The van der Waals surface area contributed by atoms with Gasteiger partial charge in [-0.1, -0.05) is 32.1 Å². The van der Waals surface area contributed by atoms with Crippen molar-refractivity contribution >= 4 is 0 Å². The maximum Gasteiger partial charge on any atom is 0.0123 e. The summed E-state index contributed by atoms with van der Waals surface area (Å²) in [6.45, 7) is 13.5. The highest BCUT2D eigenvalue weighted by molar-refractivity contribution is 5.00. The molecule has 0 amide bonds. The lowest BCUT2D eigenvalue weighted by molar-refractivity contribution is -0.0173. The fraction of sp³-hybridized carbons (Fsp3) is 0.889. The molecule has 218 valence electrons. The highest BCUT2D eigenvalue weighted by atomic mass is 15.1. The van der Waals surface area contributed by atoms with E-state index in [9.17, 15) is 0 Å². The largest absolute Gasteiger partial charge is 0.314 e. The van der Waals surface area contributed by atoms with Crippen LogP contribution >= 0.6 is 0 Å². The first-order valence-corrected chi connectivity index (χ1v) is 17.3. The Morgan fingerprint density at radius 2 is 1.39 bits per heavy atom. The van der Waals surface area contributed by atoms with E-state index in [1.807, 2.05) is 0 Å². The van der Waals surface area contributed by atoms with Gasteiger partial charge >= 0.3 is 0 Å². The molecule has 0 radical (unpaired) electrons. The minimum absolute atomic E-state index is 0.760. The number of hydrogen-bond donors (Lipinski definition) is 1. The minimum Gasteiger partial charge on any atom is -0.314 e. The zero-order valence-electron chi connectivity index (χ0n) is 25.9. The van der Waals surface area contributed by atoms with Crippen LogP contribution in [-0.4, -0.2) is 37.1 Å². The Morgan fingerprint density at radius 1 is 0.711 bits per heavy atom. The smallest absolute Gasteiger partial charge is 0.0123 e. The van der Waals surface area contributed by atoms with E-state index in [1.54, 1.807) is 0 Å². The van der Waals surface area contributed by atoms with Crippen LogP contribution in [0.4, 0.5) is 0 Å². The van der Waals surface area contributed by atoms with Crippen LogP contribution in [0.5, 0.6) is 0 Å². The van der Waals surface area contributed by atoms with Crippen molar-refractivity contribution in [1.29, 1.82) is 0 Å². The molecule has 6 unspecified atom stereocenters. The molecule has 0 aromatic rings. The Bertz CT molecular complexity index is 698. The highest BCUT2D eigenvalue weighted by Crippen LogP contribution is 2.52. The lowest BCUT2D eigenvalue weighted by Crippen LogP contribution is -2.51. The molecule has 0 saturated heterocycles. The van der Waals surface area contributed by atoms with Crippen LogP contribution in [0, 0.1) is 47.3 Å². The zero-order chi connectivity index (χ0) is 26.9. The molecule has 0 aromatic heterocycles.